The molecule has 0 saturated heterocycles. The first kappa shape index (κ1) is 61.8. The van der Waals surface area contributed by atoms with Gasteiger partial charge in [-0.05, 0) is 57.8 Å². The van der Waals surface area contributed by atoms with Crippen molar-refractivity contribution in [2.75, 3.05) is 13.2 Å². The van der Waals surface area contributed by atoms with Gasteiger partial charge in [0.05, 0.1) is 0 Å². The summed E-state index contributed by atoms with van der Waals surface area (Å²) < 4.78 is 16.8. The number of hydrogen-bond acceptors (Lipinski definition) is 6. The summed E-state index contributed by atoms with van der Waals surface area (Å²) in [6.07, 6.45) is 73.1. The van der Waals surface area contributed by atoms with Gasteiger partial charge in [-0.2, -0.15) is 0 Å². The molecule has 0 rings (SSSR count). The summed E-state index contributed by atoms with van der Waals surface area (Å²) in [6, 6.07) is 0. The highest BCUT2D eigenvalue weighted by Gasteiger charge is 2.19. The zero-order chi connectivity index (χ0) is 47.9. The van der Waals surface area contributed by atoms with Crippen molar-refractivity contribution in [2.45, 2.75) is 226 Å². The standard InChI is InChI=1S/C60H96O6/c1-4-7-10-13-16-19-22-25-28-29-30-33-35-38-41-44-47-50-53-59(62)65-56-57(66-60(63)54-51-48-45-42-39-36-32-27-24-21-18-15-12-9-6-3)55-64-58(61)52-49-46-43-40-37-34-31-26-23-20-17-14-11-8-5-2/h9-10,12-13,15-16,18-19,21-22,24-25,27-30,32-33,36,39,57H,4-8,11,14,17,20,23,26,31,34-35,37-38,40-56H2,1-3H3/b12-9-,13-10-,18-15-,19-16-,24-21-,25-22-,29-28-,32-27-,33-30-,39-36-. The molecule has 0 aromatic heterocycles. The van der Waals surface area contributed by atoms with Crippen molar-refractivity contribution < 1.29 is 28.6 Å². The van der Waals surface area contributed by atoms with Gasteiger partial charge in [0.25, 0.3) is 0 Å². The lowest BCUT2D eigenvalue weighted by atomic mass is 10.0. The van der Waals surface area contributed by atoms with Crippen molar-refractivity contribution in [3.63, 3.8) is 0 Å². The maximum absolute atomic E-state index is 12.8. The maximum Gasteiger partial charge on any atom is 0.306 e. The fourth-order valence-corrected chi connectivity index (χ4v) is 6.96. The minimum absolute atomic E-state index is 0.106. The average molecular weight is 913 g/mol. The van der Waals surface area contributed by atoms with Crippen LogP contribution >= 0.6 is 0 Å². The summed E-state index contributed by atoms with van der Waals surface area (Å²) in [5.41, 5.74) is 0. The molecule has 0 aliphatic carbocycles. The van der Waals surface area contributed by atoms with E-state index in [-0.39, 0.29) is 37.5 Å². The molecule has 0 amide bonds. The Morgan fingerprint density at radius 1 is 0.318 bits per heavy atom. The van der Waals surface area contributed by atoms with Crippen LogP contribution in [0, 0.1) is 0 Å². The number of carbonyl (C=O) groups is 3. The zero-order valence-corrected chi connectivity index (χ0v) is 42.4. The van der Waals surface area contributed by atoms with Crippen molar-refractivity contribution in [3.05, 3.63) is 122 Å². The Balaban J connectivity index is 4.53. The molecule has 0 spiro atoms. The molecule has 6 nitrogen and oxygen atoms in total. The molecule has 0 bridgehead atoms. The molecule has 1 unspecified atom stereocenters. The molecule has 0 aromatic rings. The Hall–Kier alpha value is -4.19. The third-order valence-electron chi connectivity index (χ3n) is 10.9. The van der Waals surface area contributed by atoms with Crippen LogP contribution in [0.25, 0.3) is 0 Å². The number of carbonyl (C=O) groups excluding carboxylic acids is 3. The van der Waals surface area contributed by atoms with Crippen LogP contribution < -0.4 is 0 Å². The van der Waals surface area contributed by atoms with Gasteiger partial charge in [0.15, 0.2) is 6.10 Å². The lowest BCUT2D eigenvalue weighted by Gasteiger charge is -2.18. The number of hydrogen-bond donors (Lipinski definition) is 0. The van der Waals surface area contributed by atoms with E-state index in [2.05, 4.69) is 63.3 Å². The van der Waals surface area contributed by atoms with Crippen molar-refractivity contribution in [1.29, 1.82) is 0 Å². The second-order valence-corrected chi connectivity index (χ2v) is 17.3. The van der Waals surface area contributed by atoms with Gasteiger partial charge < -0.3 is 14.2 Å². The highest BCUT2D eigenvalue weighted by Crippen LogP contribution is 2.15. The molecular formula is C60H96O6. The number of ether oxygens (including phenoxy) is 3. The van der Waals surface area contributed by atoms with E-state index in [1.54, 1.807) is 0 Å². The normalized spacial score (nSPS) is 13.1. The van der Waals surface area contributed by atoms with Gasteiger partial charge >= 0.3 is 17.9 Å². The van der Waals surface area contributed by atoms with E-state index in [1.165, 1.54) is 83.5 Å². The monoisotopic (exact) mass is 913 g/mol. The lowest BCUT2D eigenvalue weighted by molar-refractivity contribution is -0.167. The van der Waals surface area contributed by atoms with Crippen LogP contribution in [0.1, 0.15) is 220 Å². The lowest BCUT2D eigenvalue weighted by Crippen LogP contribution is -2.30. The van der Waals surface area contributed by atoms with Crippen LogP contribution in [0.2, 0.25) is 0 Å². The third-order valence-corrected chi connectivity index (χ3v) is 10.9. The van der Waals surface area contributed by atoms with E-state index in [0.29, 0.717) is 19.3 Å². The highest BCUT2D eigenvalue weighted by molar-refractivity contribution is 5.71. The van der Waals surface area contributed by atoms with Gasteiger partial charge in [0.1, 0.15) is 13.2 Å². The predicted molar refractivity (Wildman–Crippen MR) is 283 cm³/mol. The van der Waals surface area contributed by atoms with Gasteiger partial charge in [0.2, 0.25) is 0 Å². The van der Waals surface area contributed by atoms with Crippen LogP contribution in [0.15, 0.2) is 122 Å². The molecule has 372 valence electrons. The zero-order valence-electron chi connectivity index (χ0n) is 42.4. The first-order chi connectivity index (χ1) is 32.5. The Bertz CT molecular complexity index is 1420. The Kier molecular flexibility index (Phi) is 50.0. The molecule has 0 saturated carbocycles. The van der Waals surface area contributed by atoms with E-state index in [1.807, 2.05) is 79.0 Å². The molecule has 0 aliphatic heterocycles. The summed E-state index contributed by atoms with van der Waals surface area (Å²) >= 11 is 0. The number of rotatable bonds is 46. The average Bonchev–Trinajstić information content (AvgIpc) is 3.31. The molecule has 0 N–H and O–H groups in total. The van der Waals surface area contributed by atoms with Crippen LogP contribution in [-0.4, -0.2) is 37.2 Å². The number of esters is 3. The van der Waals surface area contributed by atoms with Crippen molar-refractivity contribution in [1.82, 2.24) is 0 Å². The Morgan fingerprint density at radius 3 is 1.00 bits per heavy atom. The maximum atomic E-state index is 12.8. The van der Waals surface area contributed by atoms with Gasteiger partial charge in [-0.1, -0.05) is 264 Å². The molecule has 1 atom stereocenters. The summed E-state index contributed by atoms with van der Waals surface area (Å²) in [6.45, 7) is 6.34. The van der Waals surface area contributed by atoms with E-state index in [4.69, 9.17) is 14.2 Å². The molecule has 66 heavy (non-hydrogen) atoms. The fourth-order valence-electron chi connectivity index (χ4n) is 6.96. The van der Waals surface area contributed by atoms with Gasteiger partial charge in [-0.3, -0.25) is 14.4 Å². The van der Waals surface area contributed by atoms with E-state index in [0.717, 1.165) is 89.9 Å². The number of allylic oxidation sites excluding steroid dienone is 20. The topological polar surface area (TPSA) is 78.9 Å². The second kappa shape index (κ2) is 53.4. The minimum Gasteiger partial charge on any atom is -0.462 e. The smallest absolute Gasteiger partial charge is 0.306 e. The van der Waals surface area contributed by atoms with Crippen molar-refractivity contribution >= 4 is 17.9 Å². The fraction of sp³-hybridized carbons (Fsp3) is 0.617. The molecule has 0 aliphatic rings. The summed E-state index contributed by atoms with van der Waals surface area (Å²) in [5.74, 6) is -0.977. The first-order valence-electron chi connectivity index (χ1n) is 26.7. The predicted octanol–water partition coefficient (Wildman–Crippen LogP) is 17.7. The first-order valence-corrected chi connectivity index (χ1v) is 26.7. The van der Waals surface area contributed by atoms with E-state index >= 15 is 0 Å². The molecular weight excluding hydrogens is 817 g/mol. The SMILES string of the molecule is CC\C=C/C=C\C=C/C=C\C=C/CCCCCC(=O)OC(COC(=O)CCCCCCC\C=C/C=C\C=C/C=C\C=C/CCC)COC(=O)CCCCCCCCCCCCCCCCC. The van der Waals surface area contributed by atoms with Crippen LogP contribution in [0.3, 0.4) is 0 Å². The summed E-state index contributed by atoms with van der Waals surface area (Å²) in [5, 5.41) is 0. The van der Waals surface area contributed by atoms with Gasteiger partial charge in [0, 0.05) is 19.3 Å². The number of unbranched alkanes of at least 4 members (excludes halogenated alkanes) is 23. The molecule has 0 aromatic carbocycles. The van der Waals surface area contributed by atoms with Gasteiger partial charge in [-0.25, -0.2) is 0 Å². The molecule has 0 heterocycles. The van der Waals surface area contributed by atoms with Crippen molar-refractivity contribution in [2.24, 2.45) is 0 Å². The molecule has 6 heteroatoms. The van der Waals surface area contributed by atoms with Crippen LogP contribution in [-0.2, 0) is 28.6 Å². The highest BCUT2D eigenvalue weighted by atomic mass is 16.6. The second-order valence-electron chi connectivity index (χ2n) is 17.3. The molecule has 0 radical (unpaired) electrons. The summed E-state index contributed by atoms with van der Waals surface area (Å²) in [4.78, 5) is 38.1. The Labute approximate surface area is 405 Å². The minimum atomic E-state index is -0.813. The van der Waals surface area contributed by atoms with E-state index < -0.39 is 6.10 Å². The van der Waals surface area contributed by atoms with Crippen LogP contribution in [0.4, 0.5) is 0 Å². The summed E-state index contributed by atoms with van der Waals surface area (Å²) in [7, 11) is 0. The van der Waals surface area contributed by atoms with E-state index in [9.17, 15) is 14.4 Å². The van der Waals surface area contributed by atoms with Crippen LogP contribution in [0.5, 0.6) is 0 Å². The largest absolute Gasteiger partial charge is 0.462 e. The Morgan fingerprint density at radius 2 is 0.621 bits per heavy atom. The van der Waals surface area contributed by atoms with Gasteiger partial charge in [-0.15, -0.1) is 0 Å². The molecule has 0 fully saturated rings. The van der Waals surface area contributed by atoms with Crippen molar-refractivity contribution in [3.8, 4) is 0 Å². The third kappa shape index (κ3) is 50.8. The quantitative estimate of drug-likeness (QED) is 0.0262.